The van der Waals surface area contributed by atoms with E-state index in [4.69, 9.17) is 53.4 Å². The van der Waals surface area contributed by atoms with Gasteiger partial charge in [0, 0.05) is 53.9 Å². The largest absolute Gasteiger partial charge is 0.490 e. The van der Waals surface area contributed by atoms with Crippen LogP contribution in [0.2, 0.25) is 0 Å². The van der Waals surface area contributed by atoms with Crippen molar-refractivity contribution in [2.24, 2.45) is 0 Å². The van der Waals surface area contributed by atoms with Gasteiger partial charge in [-0.3, -0.25) is 0 Å². The Balaban J connectivity index is 0.000000112. The highest BCUT2D eigenvalue weighted by molar-refractivity contribution is 7.98. The molecule has 6 aromatic heterocycles. The van der Waals surface area contributed by atoms with Crippen molar-refractivity contribution in [3.05, 3.63) is 187 Å². The topological polar surface area (TPSA) is 211 Å². The zero-order valence-corrected chi connectivity index (χ0v) is 65.1. The second kappa shape index (κ2) is 30.9. The highest BCUT2D eigenvalue weighted by Crippen LogP contribution is 2.46. The van der Waals surface area contributed by atoms with Gasteiger partial charge in [-0.05, 0) is 216 Å². The number of rotatable bonds is 13. The third kappa shape index (κ3) is 15.0. The Morgan fingerprint density at radius 1 is 0.467 bits per heavy atom. The fourth-order valence-corrected chi connectivity index (χ4v) is 17.4. The van der Waals surface area contributed by atoms with Crippen molar-refractivity contribution in [1.29, 1.82) is 0 Å². The Bertz CT molecular complexity index is 4960. The Morgan fingerprint density at radius 2 is 0.897 bits per heavy atom. The molecule has 4 aliphatic heterocycles. The van der Waals surface area contributed by atoms with Gasteiger partial charge >= 0.3 is 7.12 Å². The number of nitrogens with zero attached hydrogens (tertiary/aromatic N) is 12. The fraction of sp³-hybridized carbons (Fsp3) is 0.494. The van der Waals surface area contributed by atoms with Crippen molar-refractivity contribution in [3.63, 3.8) is 0 Å². The molecule has 22 heteroatoms. The van der Waals surface area contributed by atoms with Gasteiger partial charge in [0.15, 0.2) is 27.9 Å². The molecule has 3 aromatic carbocycles. The Labute approximate surface area is 634 Å². The van der Waals surface area contributed by atoms with Crippen molar-refractivity contribution in [3.8, 4) is 0 Å². The molecule has 3 atom stereocenters. The Kier molecular flexibility index (Phi) is 21.1. The predicted octanol–water partition coefficient (Wildman–Crippen LogP) is 17.1. The smallest absolute Gasteiger partial charge is 0.400 e. The summed E-state index contributed by atoms with van der Waals surface area (Å²) in [4.78, 5) is 29.4. The van der Waals surface area contributed by atoms with Crippen LogP contribution in [0, 0.1) is 0 Å². The van der Waals surface area contributed by atoms with Crippen LogP contribution in [0.1, 0.15) is 238 Å². The molecule has 10 aliphatic rings. The number of nitrogens with one attached hydrogen (secondary N) is 3. The first-order valence-corrected chi connectivity index (χ1v) is 40.6. The average molecular weight is 1460 g/mol. The number of fused-ring (bicyclic) bond motifs is 9. The number of aromatic nitrogens is 12. The van der Waals surface area contributed by atoms with Gasteiger partial charge in [-0.25, -0.2) is 15.0 Å². The second-order valence-corrected chi connectivity index (χ2v) is 33.2. The standard InChI is InChI=1S/C26H31N5O.C26H29N5O.C22H25N5S.C11H19BO3/c2*1-16(2)23-15-27-31-25(23)29-24(17-9-11-32-12-10-17)30-26(31)28-20-8-7-19-13-18-5-3-4-6-21(18)22(19)14-20;1-13(2)19-12-23-27-20(19)25-22(28-3)26-21(27)24-16-9-8-15-10-14-6-4-5-7-17(14)18(15)11-16;1-10(2)11(3,4)15-12(14-10)9-5-7-13-8-6-9/h3-6,15-17,20H,7-14H2,1-2H3,(H,28,29,30);3-6,9,15-16,20H,7-8,10-14H2,1-2H3,(H,28,29,30);4-7,12-13,16H,8-11H2,1-3H3,(H,24,25,26);5H,6-8H2,1-4H3/t2*20-;16-;/m111./s1. The summed E-state index contributed by atoms with van der Waals surface area (Å²) in [6.07, 6.45) is 29.1. The maximum Gasteiger partial charge on any atom is 0.490 e. The van der Waals surface area contributed by atoms with Crippen LogP contribution in [-0.4, -0.2) is 141 Å². The van der Waals surface area contributed by atoms with Gasteiger partial charge in [-0.15, -0.1) is 0 Å². The van der Waals surface area contributed by atoms with E-state index in [1.54, 1.807) is 34.1 Å². The van der Waals surface area contributed by atoms with E-state index in [1.165, 1.54) is 61.1 Å². The van der Waals surface area contributed by atoms with Crippen molar-refractivity contribution >= 4 is 76.0 Å². The van der Waals surface area contributed by atoms with E-state index < -0.39 is 0 Å². The van der Waals surface area contributed by atoms with Crippen LogP contribution in [0.5, 0.6) is 0 Å². The van der Waals surface area contributed by atoms with E-state index in [0.717, 1.165) is 192 Å². The second-order valence-electron chi connectivity index (χ2n) is 32.4. The van der Waals surface area contributed by atoms with Crippen LogP contribution < -0.4 is 16.0 Å². The summed E-state index contributed by atoms with van der Waals surface area (Å²) < 4.78 is 34.0. The van der Waals surface area contributed by atoms with Crippen LogP contribution in [0.3, 0.4) is 0 Å². The number of benzene rings is 3. The van der Waals surface area contributed by atoms with E-state index in [9.17, 15) is 0 Å². The molecular weight excluding hydrogens is 1350 g/mol. The predicted molar refractivity (Wildman–Crippen MR) is 427 cm³/mol. The van der Waals surface area contributed by atoms with Crippen LogP contribution in [0.25, 0.3) is 39.2 Å². The van der Waals surface area contributed by atoms with Gasteiger partial charge < -0.3 is 39.5 Å². The third-order valence-corrected chi connectivity index (χ3v) is 24.4. The number of hydrogen-bond acceptors (Lipinski definition) is 18. The van der Waals surface area contributed by atoms with Gasteiger partial charge in [0.2, 0.25) is 17.8 Å². The lowest BCUT2D eigenvalue weighted by atomic mass is 9.75. The lowest BCUT2D eigenvalue weighted by molar-refractivity contribution is 0.00578. The fourth-order valence-electron chi connectivity index (χ4n) is 17.0. The van der Waals surface area contributed by atoms with Gasteiger partial charge in [0.05, 0.1) is 56.2 Å². The summed E-state index contributed by atoms with van der Waals surface area (Å²) in [6.45, 7) is 25.8. The molecule has 107 heavy (non-hydrogen) atoms. The zero-order chi connectivity index (χ0) is 73.7. The SMILES string of the molecule is CC(C)c1cnn2c(N[C@@H]3CCC4=C(C3)c3ccccc3C4)nc(C3=CCOCC3)nc12.CC(C)c1cnn2c(N[C@@H]3CCC4=C(C3)c3ccccc3C4)nc(C3CCOCC3)nc12.CC1(C)OB(C2=CCOCC2)OC1(C)C.CSc1nc(N[C@@H]2CCC3=C(C2)c2ccccc2C3)n2ncc(C(C)C)c2n1. The molecular formula is C85H104BN15O5S. The normalized spacial score (nSPS) is 21.4. The van der Waals surface area contributed by atoms with E-state index in [-0.39, 0.29) is 18.3 Å². The monoisotopic (exact) mass is 1460 g/mol. The molecule has 3 N–H and O–H groups in total. The van der Waals surface area contributed by atoms with Gasteiger partial charge in [-0.2, -0.15) is 43.8 Å². The molecule has 0 saturated carbocycles. The highest BCUT2D eigenvalue weighted by Gasteiger charge is 2.52. The zero-order valence-electron chi connectivity index (χ0n) is 64.3. The van der Waals surface area contributed by atoms with Crippen LogP contribution in [-0.2, 0) is 42.8 Å². The number of ether oxygens (including phenoxy) is 3. The number of allylic oxidation sites excluding steroid dienone is 3. The minimum atomic E-state index is -0.239. The maximum absolute atomic E-state index is 5.96. The molecule has 0 bridgehead atoms. The summed E-state index contributed by atoms with van der Waals surface area (Å²) in [5.41, 5.74) is 26.4. The molecule has 10 heterocycles. The summed E-state index contributed by atoms with van der Waals surface area (Å²) in [5.74, 6) is 5.63. The molecule has 558 valence electrons. The molecule has 20 nitrogen and oxygen atoms in total. The van der Waals surface area contributed by atoms with Gasteiger partial charge in [0.1, 0.15) is 5.82 Å². The van der Waals surface area contributed by atoms with Crippen LogP contribution in [0.4, 0.5) is 17.8 Å². The first kappa shape index (κ1) is 72.8. The lowest BCUT2D eigenvalue weighted by Crippen LogP contribution is -2.41. The molecule has 0 spiro atoms. The number of hydrogen-bond donors (Lipinski definition) is 3. The number of anilines is 3. The first-order chi connectivity index (χ1) is 51.9. The first-order valence-electron chi connectivity index (χ1n) is 39.4. The number of thioether (sulfide) groups is 1. The molecule has 0 unspecified atom stereocenters. The Hall–Kier alpha value is -8.38. The van der Waals surface area contributed by atoms with Gasteiger partial charge in [-0.1, -0.05) is 155 Å². The molecule has 0 radical (unpaired) electrons. The van der Waals surface area contributed by atoms with Crippen molar-refractivity contribution in [2.45, 2.75) is 230 Å². The van der Waals surface area contributed by atoms with Crippen molar-refractivity contribution < 1.29 is 23.5 Å². The summed E-state index contributed by atoms with van der Waals surface area (Å²) in [5, 5.41) is 26.0. The molecule has 0 amide bonds. The maximum atomic E-state index is 5.96. The van der Waals surface area contributed by atoms with Crippen molar-refractivity contribution in [2.75, 3.05) is 61.8 Å². The molecule has 6 aliphatic carbocycles. The minimum Gasteiger partial charge on any atom is -0.400 e. The average Bonchev–Trinajstić information content (AvgIpc) is 1.69. The van der Waals surface area contributed by atoms with Crippen molar-refractivity contribution in [1.82, 2.24) is 58.7 Å². The van der Waals surface area contributed by atoms with Crippen LogP contribution >= 0.6 is 11.8 Å². The van der Waals surface area contributed by atoms with Crippen LogP contribution in [0.15, 0.2) is 131 Å². The molecule has 19 rings (SSSR count). The molecule has 2 saturated heterocycles. The lowest BCUT2D eigenvalue weighted by Gasteiger charge is -2.32. The molecule has 2 fully saturated rings. The van der Waals surface area contributed by atoms with E-state index in [2.05, 4.69) is 185 Å². The Morgan fingerprint density at radius 3 is 1.34 bits per heavy atom. The van der Waals surface area contributed by atoms with E-state index in [0.29, 0.717) is 55.0 Å². The van der Waals surface area contributed by atoms with E-state index >= 15 is 0 Å². The summed E-state index contributed by atoms with van der Waals surface area (Å²) in [7, 11) is -0.182. The highest BCUT2D eigenvalue weighted by atomic mass is 32.2. The van der Waals surface area contributed by atoms with E-state index in [1.807, 2.05) is 38.4 Å². The summed E-state index contributed by atoms with van der Waals surface area (Å²) >= 11 is 1.58. The summed E-state index contributed by atoms with van der Waals surface area (Å²) in [6, 6.07) is 27.7. The quantitative estimate of drug-likeness (QED) is 0.0723. The molecule has 9 aromatic rings. The third-order valence-electron chi connectivity index (χ3n) is 23.9. The minimum absolute atomic E-state index is 0.182. The van der Waals surface area contributed by atoms with Gasteiger partial charge in [0.25, 0.3) is 0 Å².